The van der Waals surface area contributed by atoms with Gasteiger partial charge in [-0.3, -0.25) is 19.9 Å². The number of aromatic hydroxyl groups is 1. The van der Waals surface area contributed by atoms with E-state index in [9.17, 15) is 24.4 Å². The number of aryl methyl sites for hydroxylation is 2. The molecule has 1 aliphatic carbocycles. The number of nitro groups is 1. The van der Waals surface area contributed by atoms with Crippen molar-refractivity contribution in [2.24, 2.45) is 0 Å². The van der Waals surface area contributed by atoms with Gasteiger partial charge in [-0.05, 0) is 54.5 Å². The minimum atomic E-state index is -0.611. The molecular formula is C21H20FN3O4. The molecule has 8 heteroatoms. The van der Waals surface area contributed by atoms with Crippen molar-refractivity contribution in [2.75, 3.05) is 13.1 Å². The molecule has 0 saturated carbocycles. The quantitative estimate of drug-likeness (QED) is 0.588. The predicted octanol–water partition coefficient (Wildman–Crippen LogP) is 3.38. The van der Waals surface area contributed by atoms with E-state index in [2.05, 4.69) is 4.98 Å². The van der Waals surface area contributed by atoms with Crippen LogP contribution in [0.25, 0.3) is 5.57 Å². The molecule has 0 atom stereocenters. The summed E-state index contributed by atoms with van der Waals surface area (Å²) in [7, 11) is 0. The van der Waals surface area contributed by atoms with Gasteiger partial charge in [0.1, 0.15) is 5.82 Å². The number of carbonyl (C=O) groups is 1. The maximum absolute atomic E-state index is 13.8. The van der Waals surface area contributed by atoms with Gasteiger partial charge in [-0.1, -0.05) is 5.57 Å². The smallest absolute Gasteiger partial charge is 0.311 e. The zero-order valence-electron chi connectivity index (χ0n) is 15.9. The number of halogens is 1. The molecule has 1 aromatic carbocycles. The molecule has 150 valence electrons. The third-order valence-corrected chi connectivity index (χ3v) is 5.67. The number of piperidine rings is 1. The average Bonchev–Trinajstić information content (AvgIpc) is 2.83. The zero-order valence-corrected chi connectivity index (χ0v) is 15.9. The van der Waals surface area contributed by atoms with Crippen LogP contribution >= 0.6 is 0 Å². The van der Waals surface area contributed by atoms with Gasteiger partial charge in [-0.2, -0.15) is 0 Å². The SMILES string of the molecule is CC(=O)N1CCC(=C2c3cc([N+](=O)[O-])c(O)cc3CCc3cc(F)cnc32)CC1. The Balaban J connectivity index is 1.93. The fourth-order valence-corrected chi connectivity index (χ4v) is 4.20. The molecule has 1 fully saturated rings. The highest BCUT2D eigenvalue weighted by atomic mass is 19.1. The van der Waals surface area contributed by atoms with Crippen LogP contribution < -0.4 is 0 Å². The van der Waals surface area contributed by atoms with E-state index >= 15 is 0 Å². The Morgan fingerprint density at radius 3 is 2.52 bits per heavy atom. The molecule has 0 unspecified atom stereocenters. The van der Waals surface area contributed by atoms with Crippen molar-refractivity contribution in [2.45, 2.75) is 32.6 Å². The molecule has 29 heavy (non-hydrogen) atoms. The lowest BCUT2D eigenvalue weighted by Crippen LogP contribution is -2.34. The Labute approximate surface area is 166 Å². The second-order valence-corrected chi connectivity index (χ2v) is 7.40. The van der Waals surface area contributed by atoms with Gasteiger partial charge in [0.05, 0.1) is 16.8 Å². The van der Waals surface area contributed by atoms with E-state index in [1.165, 1.54) is 25.1 Å². The van der Waals surface area contributed by atoms with Gasteiger partial charge in [-0.15, -0.1) is 0 Å². The van der Waals surface area contributed by atoms with Gasteiger partial charge in [0.15, 0.2) is 5.75 Å². The monoisotopic (exact) mass is 397 g/mol. The second-order valence-electron chi connectivity index (χ2n) is 7.40. The third kappa shape index (κ3) is 3.46. The number of phenols is 1. The molecule has 0 bridgehead atoms. The van der Waals surface area contributed by atoms with Crippen molar-refractivity contribution in [1.29, 1.82) is 0 Å². The molecule has 1 aliphatic heterocycles. The summed E-state index contributed by atoms with van der Waals surface area (Å²) in [6, 6.07) is 4.28. The zero-order chi connectivity index (χ0) is 20.7. The molecule has 2 heterocycles. The highest BCUT2D eigenvalue weighted by Gasteiger charge is 2.29. The molecular weight excluding hydrogens is 377 g/mol. The van der Waals surface area contributed by atoms with E-state index in [0.29, 0.717) is 50.0 Å². The number of nitrogens with zero attached hydrogens (tertiary/aromatic N) is 3. The molecule has 1 saturated heterocycles. The Hall–Kier alpha value is -3.29. The minimum absolute atomic E-state index is 0.0106. The number of rotatable bonds is 1. The van der Waals surface area contributed by atoms with Crippen molar-refractivity contribution in [3.8, 4) is 5.75 Å². The molecule has 7 nitrogen and oxygen atoms in total. The number of carbonyl (C=O) groups excluding carboxylic acids is 1. The van der Waals surface area contributed by atoms with E-state index in [0.717, 1.165) is 28.5 Å². The van der Waals surface area contributed by atoms with Gasteiger partial charge in [0.25, 0.3) is 0 Å². The molecule has 1 amide bonds. The first-order chi connectivity index (χ1) is 13.8. The van der Waals surface area contributed by atoms with Crippen LogP contribution in [-0.2, 0) is 17.6 Å². The van der Waals surface area contributed by atoms with Crippen LogP contribution in [0.1, 0.15) is 42.1 Å². The highest BCUT2D eigenvalue weighted by Crippen LogP contribution is 2.41. The van der Waals surface area contributed by atoms with E-state index in [4.69, 9.17) is 0 Å². The van der Waals surface area contributed by atoms with E-state index in [1.807, 2.05) is 0 Å². The Bertz CT molecular complexity index is 1050. The summed E-state index contributed by atoms with van der Waals surface area (Å²) in [4.78, 5) is 28.6. The van der Waals surface area contributed by atoms with Gasteiger partial charge in [0, 0.05) is 31.7 Å². The van der Waals surface area contributed by atoms with Crippen LogP contribution in [0, 0.1) is 15.9 Å². The first-order valence-electron chi connectivity index (χ1n) is 9.48. The van der Waals surface area contributed by atoms with E-state index in [1.54, 1.807) is 4.90 Å². The van der Waals surface area contributed by atoms with Gasteiger partial charge in [-0.25, -0.2) is 4.39 Å². The lowest BCUT2D eigenvalue weighted by atomic mass is 9.88. The van der Waals surface area contributed by atoms with Crippen LogP contribution in [0.15, 0.2) is 30.0 Å². The Morgan fingerprint density at radius 1 is 1.17 bits per heavy atom. The summed E-state index contributed by atoms with van der Waals surface area (Å²) < 4.78 is 13.8. The average molecular weight is 397 g/mol. The molecule has 1 N–H and O–H groups in total. The number of hydrogen-bond acceptors (Lipinski definition) is 5. The number of amides is 1. The van der Waals surface area contributed by atoms with Crippen LogP contribution in [-0.4, -0.2) is 38.9 Å². The number of hydrogen-bond donors (Lipinski definition) is 1. The molecule has 0 radical (unpaired) electrons. The summed E-state index contributed by atoms with van der Waals surface area (Å²) >= 11 is 0. The summed E-state index contributed by atoms with van der Waals surface area (Å²) in [5.41, 5.74) is 4.20. The fraction of sp³-hybridized carbons (Fsp3) is 0.333. The number of benzene rings is 1. The topological polar surface area (TPSA) is 96.6 Å². The summed E-state index contributed by atoms with van der Waals surface area (Å²) in [5, 5.41) is 21.5. The third-order valence-electron chi connectivity index (χ3n) is 5.67. The largest absolute Gasteiger partial charge is 0.502 e. The van der Waals surface area contributed by atoms with Gasteiger partial charge >= 0.3 is 5.69 Å². The van der Waals surface area contributed by atoms with Gasteiger partial charge < -0.3 is 10.0 Å². The summed E-state index contributed by atoms with van der Waals surface area (Å²) in [6.07, 6.45) is 3.41. The number of nitro benzene ring substituents is 1. The van der Waals surface area contributed by atoms with Crippen LogP contribution in [0.3, 0.4) is 0 Å². The number of phenolic OH excluding ortho intramolecular Hbond substituents is 1. The second kappa shape index (κ2) is 7.27. The summed E-state index contributed by atoms with van der Waals surface area (Å²) in [5.74, 6) is -0.801. The molecule has 1 aromatic heterocycles. The van der Waals surface area contributed by atoms with Crippen LogP contribution in [0.4, 0.5) is 10.1 Å². The molecule has 2 aromatic rings. The van der Waals surface area contributed by atoms with Crippen molar-refractivity contribution >= 4 is 17.2 Å². The van der Waals surface area contributed by atoms with Crippen molar-refractivity contribution < 1.29 is 19.2 Å². The van der Waals surface area contributed by atoms with E-state index in [-0.39, 0.29) is 17.3 Å². The minimum Gasteiger partial charge on any atom is -0.502 e. The lowest BCUT2D eigenvalue weighted by Gasteiger charge is -2.29. The fourth-order valence-electron chi connectivity index (χ4n) is 4.20. The first-order valence-corrected chi connectivity index (χ1v) is 9.48. The van der Waals surface area contributed by atoms with Crippen LogP contribution in [0.5, 0.6) is 5.75 Å². The van der Waals surface area contributed by atoms with Gasteiger partial charge in [0.2, 0.25) is 5.91 Å². The van der Waals surface area contributed by atoms with Crippen molar-refractivity contribution in [3.63, 3.8) is 0 Å². The highest BCUT2D eigenvalue weighted by molar-refractivity contribution is 5.86. The Morgan fingerprint density at radius 2 is 1.86 bits per heavy atom. The van der Waals surface area contributed by atoms with E-state index < -0.39 is 10.7 Å². The molecule has 4 rings (SSSR count). The lowest BCUT2D eigenvalue weighted by molar-refractivity contribution is -0.385. The maximum atomic E-state index is 13.8. The maximum Gasteiger partial charge on any atom is 0.311 e. The number of likely N-dealkylation sites (tertiary alicyclic amines) is 1. The number of fused-ring (bicyclic) bond motifs is 2. The number of aromatic nitrogens is 1. The molecule has 0 spiro atoms. The van der Waals surface area contributed by atoms with Crippen molar-refractivity contribution in [3.05, 3.63) is 68.3 Å². The van der Waals surface area contributed by atoms with Crippen molar-refractivity contribution in [1.82, 2.24) is 9.88 Å². The Kier molecular flexibility index (Phi) is 4.77. The summed E-state index contributed by atoms with van der Waals surface area (Å²) in [6.45, 7) is 2.64. The normalized spacial score (nSPS) is 16.1. The predicted molar refractivity (Wildman–Crippen MR) is 104 cm³/mol. The molecule has 2 aliphatic rings. The first kappa shape index (κ1) is 19.0. The number of pyridine rings is 1. The standard InChI is InChI=1S/C21H20FN3O4/c1-12(26)24-6-4-13(5-7-24)20-17-10-18(25(28)29)19(27)9-14(17)2-3-15-8-16(22)11-23-21(15)20/h8-11,27H,2-7H2,1H3. The van der Waals surface area contributed by atoms with Crippen LogP contribution in [0.2, 0.25) is 0 Å².